The van der Waals surface area contributed by atoms with Gasteiger partial charge in [0.2, 0.25) is 0 Å². The molecule has 3 heteroatoms. The first kappa shape index (κ1) is 15.9. The van der Waals surface area contributed by atoms with Crippen LogP contribution >= 0.6 is 0 Å². The summed E-state index contributed by atoms with van der Waals surface area (Å²) in [6, 6.07) is 0.254. The second-order valence-corrected chi connectivity index (χ2v) is 5.86. The standard InChI is InChI=1S/C13H29NO2/c1-10(2)15-8-12(9-16-11(3)4)14-13(5,6)7/h10-12,14H,8-9H2,1-7H3. The highest BCUT2D eigenvalue weighted by atomic mass is 16.5. The van der Waals surface area contributed by atoms with Crippen LogP contribution in [0.4, 0.5) is 0 Å². The predicted molar refractivity (Wildman–Crippen MR) is 68.9 cm³/mol. The monoisotopic (exact) mass is 231 g/mol. The van der Waals surface area contributed by atoms with Crippen LogP contribution in [0.1, 0.15) is 48.5 Å². The maximum atomic E-state index is 5.64. The van der Waals surface area contributed by atoms with Gasteiger partial charge in [0.25, 0.3) is 0 Å². The van der Waals surface area contributed by atoms with Crippen molar-refractivity contribution in [2.24, 2.45) is 0 Å². The minimum Gasteiger partial charge on any atom is -0.377 e. The lowest BCUT2D eigenvalue weighted by Gasteiger charge is -2.29. The van der Waals surface area contributed by atoms with Crippen molar-refractivity contribution in [3.63, 3.8) is 0 Å². The fraction of sp³-hybridized carbons (Fsp3) is 1.00. The van der Waals surface area contributed by atoms with E-state index in [2.05, 4.69) is 53.8 Å². The molecule has 0 saturated heterocycles. The molecule has 0 amide bonds. The van der Waals surface area contributed by atoms with Crippen LogP contribution in [0.15, 0.2) is 0 Å². The Bertz CT molecular complexity index is 161. The molecular weight excluding hydrogens is 202 g/mol. The zero-order chi connectivity index (χ0) is 12.8. The van der Waals surface area contributed by atoms with Crippen molar-refractivity contribution in [2.45, 2.75) is 72.3 Å². The van der Waals surface area contributed by atoms with Crippen LogP contribution in [0.3, 0.4) is 0 Å². The van der Waals surface area contributed by atoms with Crippen LogP contribution in [0.2, 0.25) is 0 Å². The highest BCUT2D eigenvalue weighted by Crippen LogP contribution is 2.04. The largest absolute Gasteiger partial charge is 0.377 e. The van der Waals surface area contributed by atoms with Gasteiger partial charge in [-0.25, -0.2) is 0 Å². The molecule has 0 heterocycles. The Kier molecular flexibility index (Phi) is 7.20. The van der Waals surface area contributed by atoms with E-state index in [0.717, 1.165) is 0 Å². The number of hydrogen-bond donors (Lipinski definition) is 1. The van der Waals surface area contributed by atoms with E-state index < -0.39 is 0 Å². The number of rotatable bonds is 7. The van der Waals surface area contributed by atoms with Gasteiger partial charge in [-0.05, 0) is 48.5 Å². The Morgan fingerprint density at radius 2 is 1.25 bits per heavy atom. The summed E-state index contributed by atoms with van der Waals surface area (Å²) < 4.78 is 11.3. The highest BCUT2D eigenvalue weighted by Gasteiger charge is 2.18. The zero-order valence-corrected chi connectivity index (χ0v) is 12.0. The Hall–Kier alpha value is -0.120. The SMILES string of the molecule is CC(C)OCC(COC(C)C)NC(C)(C)C. The van der Waals surface area contributed by atoms with Gasteiger partial charge in [0.05, 0.1) is 31.5 Å². The van der Waals surface area contributed by atoms with Crippen molar-refractivity contribution in [3.8, 4) is 0 Å². The second kappa shape index (κ2) is 7.25. The van der Waals surface area contributed by atoms with Gasteiger partial charge in [-0.1, -0.05) is 0 Å². The van der Waals surface area contributed by atoms with Crippen molar-refractivity contribution < 1.29 is 9.47 Å². The maximum Gasteiger partial charge on any atom is 0.0645 e. The molecule has 16 heavy (non-hydrogen) atoms. The van der Waals surface area contributed by atoms with E-state index in [1.54, 1.807) is 0 Å². The average molecular weight is 231 g/mol. The fourth-order valence-corrected chi connectivity index (χ4v) is 1.36. The molecule has 0 rings (SSSR count). The minimum absolute atomic E-state index is 0.0886. The van der Waals surface area contributed by atoms with Crippen molar-refractivity contribution in [1.82, 2.24) is 5.32 Å². The summed E-state index contributed by atoms with van der Waals surface area (Å²) in [5, 5.41) is 3.52. The van der Waals surface area contributed by atoms with E-state index in [1.165, 1.54) is 0 Å². The lowest BCUT2D eigenvalue weighted by Crippen LogP contribution is -2.48. The Balaban J connectivity index is 4.05. The zero-order valence-electron chi connectivity index (χ0n) is 12.0. The average Bonchev–Trinajstić information content (AvgIpc) is 2.07. The van der Waals surface area contributed by atoms with Gasteiger partial charge >= 0.3 is 0 Å². The second-order valence-electron chi connectivity index (χ2n) is 5.86. The molecule has 0 aliphatic rings. The van der Waals surface area contributed by atoms with Crippen molar-refractivity contribution in [2.75, 3.05) is 13.2 Å². The normalized spacial score (nSPS) is 13.1. The molecule has 98 valence electrons. The molecule has 0 unspecified atom stereocenters. The lowest BCUT2D eigenvalue weighted by atomic mass is 10.1. The maximum absolute atomic E-state index is 5.64. The molecule has 0 radical (unpaired) electrons. The molecule has 0 saturated carbocycles. The molecular formula is C13H29NO2. The fourth-order valence-electron chi connectivity index (χ4n) is 1.36. The molecule has 0 aliphatic carbocycles. The van der Waals surface area contributed by atoms with Crippen molar-refractivity contribution >= 4 is 0 Å². The molecule has 0 aromatic heterocycles. The van der Waals surface area contributed by atoms with Crippen LogP contribution in [0.5, 0.6) is 0 Å². The van der Waals surface area contributed by atoms with Crippen LogP contribution in [-0.4, -0.2) is 37.0 Å². The van der Waals surface area contributed by atoms with Gasteiger partial charge in [0.15, 0.2) is 0 Å². The van der Waals surface area contributed by atoms with Gasteiger partial charge in [-0.3, -0.25) is 0 Å². The van der Waals surface area contributed by atoms with Crippen LogP contribution < -0.4 is 5.32 Å². The van der Waals surface area contributed by atoms with Gasteiger partial charge in [-0.2, -0.15) is 0 Å². The van der Waals surface area contributed by atoms with E-state index in [-0.39, 0.29) is 23.8 Å². The lowest BCUT2D eigenvalue weighted by molar-refractivity contribution is 0.00529. The van der Waals surface area contributed by atoms with Crippen molar-refractivity contribution in [3.05, 3.63) is 0 Å². The highest BCUT2D eigenvalue weighted by molar-refractivity contribution is 4.78. The summed E-state index contributed by atoms with van der Waals surface area (Å²) in [6.07, 6.45) is 0.534. The molecule has 0 fully saturated rings. The third kappa shape index (κ3) is 10.4. The summed E-state index contributed by atoms with van der Waals surface area (Å²) in [6.45, 7) is 16.1. The van der Waals surface area contributed by atoms with Crippen LogP contribution in [0, 0.1) is 0 Å². The summed E-state index contributed by atoms with van der Waals surface area (Å²) in [4.78, 5) is 0. The molecule has 0 aromatic rings. The first-order chi connectivity index (χ1) is 7.20. The molecule has 0 aromatic carbocycles. The quantitative estimate of drug-likeness (QED) is 0.730. The van der Waals surface area contributed by atoms with Gasteiger partial charge < -0.3 is 14.8 Å². The van der Waals surface area contributed by atoms with Crippen LogP contribution in [0.25, 0.3) is 0 Å². The molecule has 3 nitrogen and oxygen atoms in total. The van der Waals surface area contributed by atoms with E-state index in [1.807, 2.05) is 0 Å². The summed E-state index contributed by atoms with van der Waals surface area (Å²) in [5.41, 5.74) is 0.0886. The van der Waals surface area contributed by atoms with E-state index in [4.69, 9.17) is 9.47 Å². The number of nitrogens with one attached hydrogen (secondary N) is 1. The number of ether oxygens (including phenoxy) is 2. The Morgan fingerprint density at radius 3 is 1.50 bits per heavy atom. The van der Waals surface area contributed by atoms with Gasteiger partial charge in [0, 0.05) is 5.54 Å². The van der Waals surface area contributed by atoms with Crippen LogP contribution in [-0.2, 0) is 9.47 Å². The van der Waals surface area contributed by atoms with E-state index in [9.17, 15) is 0 Å². The van der Waals surface area contributed by atoms with Crippen molar-refractivity contribution in [1.29, 1.82) is 0 Å². The van der Waals surface area contributed by atoms with E-state index in [0.29, 0.717) is 13.2 Å². The molecule has 0 spiro atoms. The third-order valence-corrected chi connectivity index (χ3v) is 1.90. The summed E-state index contributed by atoms with van der Waals surface area (Å²) in [5.74, 6) is 0. The molecule has 0 aliphatic heterocycles. The van der Waals surface area contributed by atoms with Gasteiger partial charge in [0.1, 0.15) is 0 Å². The Morgan fingerprint density at radius 1 is 0.875 bits per heavy atom. The molecule has 0 atom stereocenters. The van der Waals surface area contributed by atoms with E-state index >= 15 is 0 Å². The first-order valence-electron chi connectivity index (χ1n) is 6.21. The summed E-state index contributed by atoms with van der Waals surface area (Å²) in [7, 11) is 0. The minimum atomic E-state index is 0.0886. The smallest absolute Gasteiger partial charge is 0.0645 e. The third-order valence-electron chi connectivity index (χ3n) is 1.90. The molecule has 0 bridgehead atoms. The predicted octanol–water partition coefficient (Wildman–Crippen LogP) is 2.59. The van der Waals surface area contributed by atoms with Gasteiger partial charge in [-0.15, -0.1) is 0 Å². The number of hydrogen-bond acceptors (Lipinski definition) is 3. The summed E-state index contributed by atoms with van der Waals surface area (Å²) >= 11 is 0. The molecule has 1 N–H and O–H groups in total. The Labute approximate surface area is 101 Å². The first-order valence-corrected chi connectivity index (χ1v) is 6.21. The topological polar surface area (TPSA) is 30.5 Å².